The van der Waals surface area contributed by atoms with E-state index in [2.05, 4.69) is 214 Å². The number of quaternary nitrogens is 1. The molecule has 6 unspecified atom stereocenters. The number of hydrogen-bond donors (Lipinski definition) is 0. The molecule has 0 fully saturated rings. The van der Waals surface area contributed by atoms with Gasteiger partial charge in [-0.1, -0.05) is 153 Å². The zero-order chi connectivity index (χ0) is 45.6. The fourth-order valence-corrected chi connectivity index (χ4v) is 13.0. The van der Waals surface area contributed by atoms with Crippen LogP contribution in [0.3, 0.4) is 0 Å². The van der Waals surface area contributed by atoms with Gasteiger partial charge in [-0.3, -0.25) is 4.99 Å². The second kappa shape index (κ2) is 16.1. The SMILES string of the molecule is CC1(C)c2ccccc2N(C2CC(c3ccc(C4=CC=CCC4)cc3)=c3ccccc3=N2)c2cc3c(cc21)-c1ccccc1[N+]3(C)C1=CC(C2=CCC(C3C=CC=CC3)C=C2)C2CCC=CC2=N1. The number of rotatable bonds is 6. The number of fused-ring (bicyclic) bond motifs is 7. The van der Waals surface area contributed by atoms with E-state index in [1.54, 1.807) is 0 Å². The first-order valence-corrected chi connectivity index (χ1v) is 25.2. The predicted molar refractivity (Wildman–Crippen MR) is 283 cm³/mol. The maximum absolute atomic E-state index is 5.73. The Kier molecular flexibility index (Phi) is 9.80. The summed E-state index contributed by atoms with van der Waals surface area (Å²) in [5.74, 6) is 2.84. The van der Waals surface area contributed by atoms with Crippen LogP contribution in [-0.4, -0.2) is 18.9 Å². The topological polar surface area (TPSA) is 28.0 Å². The molecule has 0 aromatic heterocycles. The highest BCUT2D eigenvalue weighted by atomic mass is 15.4. The summed E-state index contributed by atoms with van der Waals surface area (Å²) in [6.07, 6.45) is 37.9. The second-order valence-corrected chi connectivity index (χ2v) is 20.8. The van der Waals surface area contributed by atoms with E-state index < -0.39 is 0 Å². The van der Waals surface area contributed by atoms with Crippen molar-refractivity contribution in [3.05, 3.63) is 232 Å². The van der Waals surface area contributed by atoms with Gasteiger partial charge in [-0.15, -0.1) is 0 Å². The third-order valence-electron chi connectivity index (χ3n) is 16.7. The molecule has 0 bridgehead atoms. The van der Waals surface area contributed by atoms with Gasteiger partial charge in [-0.2, -0.15) is 0 Å². The summed E-state index contributed by atoms with van der Waals surface area (Å²) in [5.41, 5.74) is 18.0. The number of benzene rings is 5. The molecule has 4 aliphatic carbocycles. The molecular formula is C64H59N4+. The maximum atomic E-state index is 5.73. The Hall–Kier alpha value is -6.88. The monoisotopic (exact) mass is 883 g/mol. The largest absolute Gasteiger partial charge is 0.318 e. The first-order valence-electron chi connectivity index (χ1n) is 25.2. The standard InChI is InChI=1S/C64H59N4/c1-64(2)54-25-13-16-28-58(54)67(62-39-51(48-22-10-14-26-56(48)65-62)46-34-30-44(31-35-46)42-18-6-4-7-19-42)59-41-61-53(38-55(59)64)50-24-12-17-29-60(50)68(61,3)63-40-52(49-23-11-15-27-57(49)66-63)47-36-32-45(33-37-47)43-20-8-5-9-21-43/h4-6,8-10,12-18,20,22,24-32,34-38,40-41,43,45,49,52,62H,7,11,19,21,23,33,39H2,1-3H3/q+1. The van der Waals surface area contributed by atoms with Crippen LogP contribution in [0.5, 0.6) is 0 Å². The number of para-hydroxylation sites is 3. The number of aliphatic imine (C=N–C) groups is 1. The molecule has 0 saturated carbocycles. The van der Waals surface area contributed by atoms with Gasteiger partial charge in [0.15, 0.2) is 11.4 Å². The summed E-state index contributed by atoms with van der Waals surface area (Å²) in [6.45, 7) is 4.83. The van der Waals surface area contributed by atoms with Crippen molar-refractivity contribution in [1.29, 1.82) is 0 Å². The molecule has 4 heterocycles. The Morgan fingerprint density at radius 1 is 0.691 bits per heavy atom. The van der Waals surface area contributed by atoms with Crippen LogP contribution in [0.1, 0.15) is 81.0 Å². The summed E-state index contributed by atoms with van der Waals surface area (Å²) in [6, 6.07) is 41.5. The molecule has 4 aliphatic heterocycles. The van der Waals surface area contributed by atoms with E-state index >= 15 is 0 Å². The highest BCUT2D eigenvalue weighted by Crippen LogP contribution is 2.61. The van der Waals surface area contributed by atoms with Gasteiger partial charge in [0, 0.05) is 58.3 Å². The summed E-state index contributed by atoms with van der Waals surface area (Å²) < 4.78 is 0.509. The minimum Gasteiger partial charge on any atom is -0.318 e. The lowest BCUT2D eigenvalue weighted by Crippen LogP contribution is -2.44. The molecule has 5 aromatic carbocycles. The third kappa shape index (κ3) is 6.51. The van der Waals surface area contributed by atoms with Crippen LogP contribution in [0.4, 0.5) is 22.7 Å². The van der Waals surface area contributed by atoms with E-state index in [4.69, 9.17) is 9.98 Å². The molecule has 4 nitrogen and oxygen atoms in total. The van der Waals surface area contributed by atoms with Gasteiger partial charge in [-0.25, -0.2) is 9.48 Å². The van der Waals surface area contributed by atoms with Crippen LogP contribution in [0, 0.1) is 23.7 Å². The molecule has 6 atom stereocenters. The number of hydrogen-bond acceptors (Lipinski definition) is 3. The van der Waals surface area contributed by atoms with Crippen molar-refractivity contribution in [2.75, 3.05) is 11.9 Å². The Morgan fingerprint density at radius 3 is 2.35 bits per heavy atom. The highest BCUT2D eigenvalue weighted by Gasteiger charge is 2.50. The van der Waals surface area contributed by atoms with Gasteiger partial charge in [0.05, 0.1) is 29.4 Å². The quantitative estimate of drug-likeness (QED) is 0.156. The number of allylic oxidation sites excluding steroid dienone is 15. The third-order valence-corrected chi connectivity index (χ3v) is 16.7. The fraction of sp³-hybridized carbons (Fsp3) is 0.250. The molecule has 334 valence electrons. The molecule has 8 aliphatic rings. The second-order valence-electron chi connectivity index (χ2n) is 20.8. The Labute approximate surface area is 401 Å². The van der Waals surface area contributed by atoms with E-state index in [0.29, 0.717) is 22.2 Å². The lowest BCUT2D eigenvalue weighted by atomic mass is 9.72. The van der Waals surface area contributed by atoms with Crippen molar-refractivity contribution in [2.45, 2.75) is 70.4 Å². The normalized spacial score (nSPS) is 26.8. The molecule has 0 radical (unpaired) electrons. The molecule has 5 aromatic rings. The summed E-state index contributed by atoms with van der Waals surface area (Å²) in [5, 5.41) is 2.28. The maximum Gasteiger partial charge on any atom is 0.234 e. The molecule has 0 amide bonds. The molecule has 13 rings (SSSR count). The van der Waals surface area contributed by atoms with Crippen LogP contribution in [0.2, 0.25) is 0 Å². The van der Waals surface area contributed by atoms with Crippen LogP contribution in [0.15, 0.2) is 210 Å². The van der Waals surface area contributed by atoms with Crippen LogP contribution in [0.25, 0.3) is 22.3 Å². The van der Waals surface area contributed by atoms with Gasteiger partial charge in [0.25, 0.3) is 0 Å². The Balaban J connectivity index is 0.953. The lowest BCUT2D eigenvalue weighted by Gasteiger charge is -2.45. The van der Waals surface area contributed by atoms with Crippen LogP contribution < -0.4 is 20.0 Å². The van der Waals surface area contributed by atoms with Crippen molar-refractivity contribution in [1.82, 2.24) is 4.48 Å². The van der Waals surface area contributed by atoms with E-state index in [0.717, 1.165) is 56.1 Å². The molecular weight excluding hydrogens is 825 g/mol. The summed E-state index contributed by atoms with van der Waals surface area (Å²) in [7, 11) is 2.41. The molecule has 0 spiro atoms. The Morgan fingerprint density at radius 2 is 1.51 bits per heavy atom. The smallest absolute Gasteiger partial charge is 0.234 e. The van der Waals surface area contributed by atoms with E-state index in [1.807, 2.05) is 0 Å². The molecule has 68 heavy (non-hydrogen) atoms. The number of nitrogens with zero attached hydrogens (tertiary/aromatic N) is 4. The van der Waals surface area contributed by atoms with Crippen molar-refractivity contribution >= 4 is 39.6 Å². The van der Waals surface area contributed by atoms with Crippen molar-refractivity contribution in [3.63, 3.8) is 0 Å². The summed E-state index contributed by atoms with van der Waals surface area (Å²) >= 11 is 0. The van der Waals surface area contributed by atoms with Gasteiger partial charge in [-0.05, 0) is 120 Å². The number of anilines is 2. The molecule has 0 saturated heterocycles. The molecule has 0 N–H and O–H groups in total. The molecule has 4 heteroatoms. The minimum atomic E-state index is -0.257. The first kappa shape index (κ1) is 41.3. The van der Waals surface area contributed by atoms with Crippen molar-refractivity contribution in [3.8, 4) is 11.1 Å². The average Bonchev–Trinajstić information content (AvgIpc) is 3.65. The minimum absolute atomic E-state index is 0.164. The van der Waals surface area contributed by atoms with Gasteiger partial charge in [0.2, 0.25) is 5.82 Å². The summed E-state index contributed by atoms with van der Waals surface area (Å²) in [4.78, 5) is 14.0. The predicted octanol–water partition coefficient (Wildman–Crippen LogP) is 14.2. The first-order chi connectivity index (χ1) is 33.3. The lowest BCUT2D eigenvalue weighted by molar-refractivity contribution is 0.458. The zero-order valence-corrected chi connectivity index (χ0v) is 39.5. The van der Waals surface area contributed by atoms with Gasteiger partial charge >= 0.3 is 0 Å². The van der Waals surface area contributed by atoms with Gasteiger partial charge in [0.1, 0.15) is 6.17 Å². The fourth-order valence-electron chi connectivity index (χ4n) is 13.0. The highest BCUT2D eigenvalue weighted by molar-refractivity contribution is 6.03. The van der Waals surface area contributed by atoms with E-state index in [1.165, 1.54) is 83.8 Å². The van der Waals surface area contributed by atoms with E-state index in [-0.39, 0.29) is 17.5 Å². The average molecular weight is 884 g/mol. The van der Waals surface area contributed by atoms with Crippen molar-refractivity contribution in [2.24, 2.45) is 33.7 Å². The van der Waals surface area contributed by atoms with Crippen molar-refractivity contribution < 1.29 is 0 Å². The zero-order valence-electron chi connectivity index (χ0n) is 39.5. The van der Waals surface area contributed by atoms with E-state index in [9.17, 15) is 0 Å². The van der Waals surface area contributed by atoms with Gasteiger partial charge < -0.3 is 4.90 Å². The van der Waals surface area contributed by atoms with Crippen LogP contribution >= 0.6 is 0 Å². The van der Waals surface area contributed by atoms with Crippen LogP contribution in [-0.2, 0) is 5.41 Å². The Bertz CT molecular complexity index is 3340.